The van der Waals surface area contributed by atoms with E-state index in [-0.39, 0.29) is 6.03 Å². The summed E-state index contributed by atoms with van der Waals surface area (Å²) in [6.07, 6.45) is 3.30. The second kappa shape index (κ2) is 10.6. The Labute approximate surface area is 192 Å². The van der Waals surface area contributed by atoms with Crippen molar-refractivity contribution in [3.8, 4) is 17.4 Å². The van der Waals surface area contributed by atoms with Gasteiger partial charge in [-0.25, -0.2) is 14.8 Å². The minimum Gasteiger partial charge on any atom is -0.493 e. The fourth-order valence-corrected chi connectivity index (χ4v) is 3.47. The largest absolute Gasteiger partial charge is 0.493 e. The third-order valence-electron chi connectivity index (χ3n) is 5.15. The zero-order valence-corrected chi connectivity index (χ0v) is 18.7. The Bertz CT molecular complexity index is 1080. The van der Waals surface area contributed by atoms with Crippen molar-refractivity contribution in [2.75, 3.05) is 43.6 Å². The number of hydrogen-bond acceptors (Lipinski definition) is 7. The highest BCUT2D eigenvalue weighted by atomic mass is 16.5. The Morgan fingerprint density at radius 1 is 1.12 bits per heavy atom. The van der Waals surface area contributed by atoms with Crippen LogP contribution in [0, 0.1) is 6.92 Å². The summed E-state index contributed by atoms with van der Waals surface area (Å²) in [4.78, 5) is 23.3. The van der Waals surface area contributed by atoms with E-state index in [0.29, 0.717) is 42.8 Å². The number of aryl methyl sites for hydroxylation is 1. The lowest BCUT2D eigenvalue weighted by Gasteiger charge is -2.29. The molecule has 3 heterocycles. The molecule has 0 saturated carbocycles. The molecular weight excluding hydrogens is 422 g/mol. The van der Waals surface area contributed by atoms with E-state index < -0.39 is 0 Å². The minimum atomic E-state index is -0.331. The number of morpholine rings is 1. The molecule has 9 heteroatoms. The number of hydrogen-bond donors (Lipinski definition) is 2. The first kappa shape index (κ1) is 22.3. The third kappa shape index (κ3) is 5.89. The lowest BCUT2D eigenvalue weighted by atomic mass is 10.2. The smallest absolute Gasteiger partial charge is 0.319 e. The summed E-state index contributed by atoms with van der Waals surface area (Å²) >= 11 is 0. The first-order valence-corrected chi connectivity index (χ1v) is 10.7. The Hall–Kier alpha value is -3.85. The minimum absolute atomic E-state index is 0.331. The molecule has 1 aliphatic heterocycles. The number of anilines is 2. The molecule has 0 bridgehead atoms. The molecule has 33 heavy (non-hydrogen) atoms. The molecule has 1 aromatic carbocycles. The molecule has 2 amide bonds. The molecule has 0 aliphatic carbocycles. The van der Waals surface area contributed by atoms with Crippen molar-refractivity contribution in [1.29, 1.82) is 0 Å². The average molecular weight is 450 g/mol. The number of amides is 2. The summed E-state index contributed by atoms with van der Waals surface area (Å²) in [5.41, 5.74) is 2.57. The topological polar surface area (TPSA) is 97.8 Å². The van der Waals surface area contributed by atoms with Gasteiger partial charge in [-0.05, 0) is 36.8 Å². The molecule has 172 valence electrons. The molecule has 2 aromatic heterocycles. The normalized spacial score (nSPS) is 13.3. The van der Waals surface area contributed by atoms with E-state index in [1.54, 1.807) is 31.6 Å². The summed E-state index contributed by atoms with van der Waals surface area (Å²) in [5.74, 6) is 2.47. The van der Waals surface area contributed by atoms with Crippen LogP contribution in [0.3, 0.4) is 0 Å². The number of ether oxygens (including phenoxy) is 3. The van der Waals surface area contributed by atoms with Gasteiger partial charge in [-0.1, -0.05) is 12.1 Å². The van der Waals surface area contributed by atoms with Crippen LogP contribution in [-0.2, 0) is 11.3 Å². The first-order valence-electron chi connectivity index (χ1n) is 10.7. The molecule has 4 rings (SSSR count). The molecule has 0 atom stereocenters. The van der Waals surface area contributed by atoms with Gasteiger partial charge in [0.1, 0.15) is 5.82 Å². The third-order valence-corrected chi connectivity index (χ3v) is 5.15. The first-order chi connectivity index (χ1) is 16.1. The fraction of sp³-hybridized carbons (Fsp3) is 0.292. The molecule has 1 fully saturated rings. The molecule has 0 unspecified atom stereocenters. The second-order valence-electron chi connectivity index (χ2n) is 7.53. The molecule has 0 radical (unpaired) electrons. The highest BCUT2D eigenvalue weighted by Gasteiger charge is 2.16. The molecule has 0 spiro atoms. The van der Waals surface area contributed by atoms with Crippen LogP contribution in [0.1, 0.15) is 11.1 Å². The maximum Gasteiger partial charge on any atom is 0.319 e. The predicted molar refractivity (Wildman–Crippen MR) is 125 cm³/mol. The number of urea groups is 1. The number of aromatic nitrogens is 2. The van der Waals surface area contributed by atoms with Crippen LogP contribution in [0.15, 0.2) is 54.9 Å². The van der Waals surface area contributed by atoms with Crippen molar-refractivity contribution >= 4 is 17.5 Å². The van der Waals surface area contributed by atoms with E-state index in [9.17, 15) is 4.79 Å². The van der Waals surface area contributed by atoms with Gasteiger partial charge in [0.15, 0.2) is 11.5 Å². The molecule has 1 aliphatic rings. The molecular formula is C24H27N5O4. The van der Waals surface area contributed by atoms with Crippen molar-refractivity contribution in [3.05, 3.63) is 66.0 Å². The number of nitrogens with one attached hydrogen (secondary N) is 2. The Morgan fingerprint density at radius 2 is 1.97 bits per heavy atom. The highest BCUT2D eigenvalue weighted by Crippen LogP contribution is 2.31. The number of nitrogens with zero attached hydrogens (tertiary/aromatic N) is 3. The highest BCUT2D eigenvalue weighted by molar-refractivity contribution is 5.89. The van der Waals surface area contributed by atoms with Gasteiger partial charge in [0, 0.05) is 37.5 Å². The van der Waals surface area contributed by atoms with Gasteiger partial charge in [0.2, 0.25) is 5.88 Å². The lowest BCUT2D eigenvalue weighted by molar-refractivity contribution is 0.122. The summed E-state index contributed by atoms with van der Waals surface area (Å²) < 4.78 is 16.6. The van der Waals surface area contributed by atoms with Crippen LogP contribution in [0.2, 0.25) is 0 Å². The average Bonchev–Trinajstić information content (AvgIpc) is 2.85. The number of carbonyl (C=O) groups is 1. The van der Waals surface area contributed by atoms with Gasteiger partial charge in [-0.2, -0.15) is 0 Å². The zero-order chi connectivity index (χ0) is 23.0. The SMILES string of the molecule is COc1cc(C)ccc1Oc1ccc(NC(=O)NCc2cccnc2N2CCOCC2)cn1. The van der Waals surface area contributed by atoms with Crippen LogP contribution in [0.4, 0.5) is 16.3 Å². The fourth-order valence-electron chi connectivity index (χ4n) is 3.47. The van der Waals surface area contributed by atoms with Crippen LogP contribution in [0.25, 0.3) is 0 Å². The van der Waals surface area contributed by atoms with Crippen molar-refractivity contribution in [2.24, 2.45) is 0 Å². The summed E-state index contributed by atoms with van der Waals surface area (Å²) in [6, 6.07) is 12.6. The van der Waals surface area contributed by atoms with E-state index in [1.165, 1.54) is 0 Å². The zero-order valence-electron chi connectivity index (χ0n) is 18.7. The molecule has 3 aromatic rings. The monoisotopic (exact) mass is 449 g/mol. The Morgan fingerprint density at radius 3 is 2.73 bits per heavy atom. The van der Waals surface area contributed by atoms with Gasteiger partial charge < -0.3 is 29.7 Å². The van der Waals surface area contributed by atoms with Crippen molar-refractivity contribution in [3.63, 3.8) is 0 Å². The van der Waals surface area contributed by atoms with Crippen molar-refractivity contribution in [2.45, 2.75) is 13.5 Å². The number of carbonyl (C=O) groups excluding carboxylic acids is 1. The van der Waals surface area contributed by atoms with Crippen LogP contribution in [-0.4, -0.2) is 49.4 Å². The van der Waals surface area contributed by atoms with E-state index in [2.05, 4.69) is 25.5 Å². The van der Waals surface area contributed by atoms with Crippen molar-refractivity contribution < 1.29 is 19.0 Å². The van der Waals surface area contributed by atoms with Crippen molar-refractivity contribution in [1.82, 2.24) is 15.3 Å². The van der Waals surface area contributed by atoms with Gasteiger partial charge in [0.05, 0.1) is 32.2 Å². The standard InChI is InChI=1S/C24H27N5O4/c1-17-5-7-20(21(14-17)31-2)33-22-8-6-19(16-26-22)28-24(30)27-15-18-4-3-9-25-23(18)29-10-12-32-13-11-29/h3-9,14,16H,10-13,15H2,1-2H3,(H2,27,28,30). The summed E-state index contributed by atoms with van der Waals surface area (Å²) in [5, 5.41) is 5.66. The molecule has 2 N–H and O–H groups in total. The summed E-state index contributed by atoms with van der Waals surface area (Å²) in [7, 11) is 1.59. The number of methoxy groups -OCH3 is 1. The van der Waals surface area contributed by atoms with Gasteiger partial charge in [-0.15, -0.1) is 0 Å². The number of benzene rings is 1. The van der Waals surface area contributed by atoms with Crippen LogP contribution < -0.4 is 25.0 Å². The second-order valence-corrected chi connectivity index (χ2v) is 7.53. The molecule has 1 saturated heterocycles. The Kier molecular flexibility index (Phi) is 7.21. The number of pyridine rings is 2. The van der Waals surface area contributed by atoms with E-state index in [1.807, 2.05) is 37.3 Å². The Balaban J connectivity index is 1.33. The van der Waals surface area contributed by atoms with Gasteiger partial charge in [0.25, 0.3) is 0 Å². The van der Waals surface area contributed by atoms with Crippen LogP contribution in [0.5, 0.6) is 17.4 Å². The van der Waals surface area contributed by atoms with E-state index >= 15 is 0 Å². The predicted octanol–water partition coefficient (Wildman–Crippen LogP) is 3.74. The van der Waals surface area contributed by atoms with E-state index in [4.69, 9.17) is 14.2 Å². The molecule has 9 nitrogen and oxygen atoms in total. The maximum atomic E-state index is 12.4. The number of rotatable bonds is 7. The van der Waals surface area contributed by atoms with Gasteiger partial charge >= 0.3 is 6.03 Å². The van der Waals surface area contributed by atoms with Crippen LogP contribution >= 0.6 is 0 Å². The maximum absolute atomic E-state index is 12.4. The van der Waals surface area contributed by atoms with E-state index in [0.717, 1.165) is 30.0 Å². The quantitative estimate of drug-likeness (QED) is 0.567. The van der Waals surface area contributed by atoms with Gasteiger partial charge in [-0.3, -0.25) is 0 Å². The lowest BCUT2D eigenvalue weighted by Crippen LogP contribution is -2.38. The summed E-state index contributed by atoms with van der Waals surface area (Å²) in [6.45, 7) is 5.25.